The van der Waals surface area contributed by atoms with Crippen LogP contribution in [0.2, 0.25) is 0 Å². The number of phosphoric acid groups is 2. The molecule has 0 bridgehead atoms. The molecule has 0 aliphatic heterocycles. The minimum atomic E-state index is -4.96. The van der Waals surface area contributed by atoms with Crippen LogP contribution in [0, 0.1) is 5.92 Å². The summed E-state index contributed by atoms with van der Waals surface area (Å²) >= 11 is 0. The Morgan fingerprint density at radius 1 is 0.257 bits per heavy atom. The molecule has 17 nitrogen and oxygen atoms in total. The van der Waals surface area contributed by atoms with E-state index in [0.717, 1.165) is 96.3 Å². The van der Waals surface area contributed by atoms with E-state index < -0.39 is 97.5 Å². The van der Waals surface area contributed by atoms with Gasteiger partial charge in [0.25, 0.3) is 0 Å². The van der Waals surface area contributed by atoms with Crippen molar-refractivity contribution in [2.45, 2.75) is 483 Å². The monoisotopic (exact) mass is 1540 g/mol. The van der Waals surface area contributed by atoms with Crippen molar-refractivity contribution < 1.29 is 80.2 Å². The zero-order valence-electron chi connectivity index (χ0n) is 68.9. The van der Waals surface area contributed by atoms with Crippen molar-refractivity contribution in [2.75, 3.05) is 39.6 Å². The third-order valence-corrected chi connectivity index (χ3v) is 22.2. The number of aliphatic hydroxyl groups is 1. The van der Waals surface area contributed by atoms with Gasteiger partial charge in [0.1, 0.15) is 19.3 Å². The average molecular weight is 1540 g/mol. The molecule has 0 aliphatic rings. The molecule has 624 valence electrons. The normalized spacial score (nSPS) is 13.8. The largest absolute Gasteiger partial charge is 0.472 e. The van der Waals surface area contributed by atoms with E-state index in [1.54, 1.807) is 0 Å². The van der Waals surface area contributed by atoms with Crippen molar-refractivity contribution in [1.82, 2.24) is 0 Å². The standard InChI is InChI=1S/C86H168O17P2/c1-6-9-12-15-18-21-24-27-29-31-33-35-37-39-41-43-45-48-50-53-59-64-69-83(88)96-75-81(102-86(91)72-67-62-55-52-49-46-44-42-40-38-36-34-32-30-28-25-22-19-16-13-10-7-2)77-100-104(92,93)98-73-80(87)74-99-105(94,95)101-78-82(76-97-84(89)70-65-60-57-56-58-63-68-79(4)5)103-85(90)71-66-61-54-51-47-26-23-20-17-14-11-8-3/h79-82,87H,6-78H2,1-5H3,(H,92,93)(H,94,95)/t80-,81-,82-/m1/s1. The third-order valence-electron chi connectivity index (χ3n) is 20.3. The first-order valence-electron chi connectivity index (χ1n) is 44.6. The van der Waals surface area contributed by atoms with Crippen LogP contribution in [0.4, 0.5) is 0 Å². The second-order valence-corrected chi connectivity index (χ2v) is 34.3. The minimum absolute atomic E-state index is 0.107. The van der Waals surface area contributed by atoms with Gasteiger partial charge in [-0.2, -0.15) is 0 Å². The molecule has 0 amide bonds. The average Bonchev–Trinajstić information content (AvgIpc) is 0.910. The summed E-state index contributed by atoms with van der Waals surface area (Å²) < 4.78 is 68.8. The van der Waals surface area contributed by atoms with Gasteiger partial charge in [0.15, 0.2) is 12.2 Å². The molecule has 0 spiro atoms. The van der Waals surface area contributed by atoms with Crippen LogP contribution in [0.1, 0.15) is 465 Å². The molecule has 0 heterocycles. The predicted octanol–water partition coefficient (Wildman–Crippen LogP) is 26.4. The maximum absolute atomic E-state index is 13.1. The number of hydrogen-bond donors (Lipinski definition) is 3. The van der Waals surface area contributed by atoms with E-state index in [1.165, 1.54) is 283 Å². The summed E-state index contributed by atoms with van der Waals surface area (Å²) in [5.41, 5.74) is 0. The van der Waals surface area contributed by atoms with Crippen molar-refractivity contribution in [3.63, 3.8) is 0 Å². The number of esters is 4. The molecule has 0 saturated heterocycles. The van der Waals surface area contributed by atoms with Crippen molar-refractivity contribution in [3.8, 4) is 0 Å². The molecule has 2 unspecified atom stereocenters. The van der Waals surface area contributed by atoms with Crippen LogP contribution < -0.4 is 0 Å². The Morgan fingerprint density at radius 3 is 0.648 bits per heavy atom. The number of ether oxygens (including phenoxy) is 4. The van der Waals surface area contributed by atoms with Gasteiger partial charge < -0.3 is 33.8 Å². The zero-order valence-corrected chi connectivity index (χ0v) is 70.7. The number of rotatable bonds is 86. The van der Waals surface area contributed by atoms with Gasteiger partial charge in [0.2, 0.25) is 0 Å². The number of phosphoric ester groups is 2. The van der Waals surface area contributed by atoms with E-state index in [-0.39, 0.29) is 25.7 Å². The fourth-order valence-electron chi connectivity index (χ4n) is 13.5. The summed E-state index contributed by atoms with van der Waals surface area (Å²) in [6.45, 7) is 7.26. The minimum Gasteiger partial charge on any atom is -0.462 e. The molecule has 3 N–H and O–H groups in total. The Hall–Kier alpha value is -1.94. The van der Waals surface area contributed by atoms with E-state index >= 15 is 0 Å². The number of aliphatic hydroxyl groups excluding tert-OH is 1. The first-order chi connectivity index (χ1) is 51.0. The van der Waals surface area contributed by atoms with Crippen molar-refractivity contribution in [1.29, 1.82) is 0 Å². The molecule has 0 aromatic rings. The lowest BCUT2D eigenvalue weighted by atomic mass is 10.0. The van der Waals surface area contributed by atoms with Crippen molar-refractivity contribution in [2.24, 2.45) is 5.92 Å². The molecular formula is C86H168O17P2. The third kappa shape index (κ3) is 79.9. The van der Waals surface area contributed by atoms with E-state index in [9.17, 15) is 43.2 Å². The lowest BCUT2D eigenvalue weighted by Gasteiger charge is -2.21. The highest BCUT2D eigenvalue weighted by atomic mass is 31.2. The molecule has 0 aromatic heterocycles. The Balaban J connectivity index is 5.16. The number of carbonyl (C=O) groups excluding carboxylic acids is 4. The smallest absolute Gasteiger partial charge is 0.462 e. The topological polar surface area (TPSA) is 237 Å². The van der Waals surface area contributed by atoms with Crippen molar-refractivity contribution in [3.05, 3.63) is 0 Å². The second-order valence-electron chi connectivity index (χ2n) is 31.4. The summed E-state index contributed by atoms with van der Waals surface area (Å²) in [4.78, 5) is 73.1. The Kier molecular flexibility index (Phi) is 77.3. The van der Waals surface area contributed by atoms with E-state index in [1.807, 2.05) is 0 Å². The zero-order chi connectivity index (χ0) is 76.9. The van der Waals surface area contributed by atoms with Crippen LogP contribution in [-0.4, -0.2) is 96.7 Å². The van der Waals surface area contributed by atoms with Crippen molar-refractivity contribution >= 4 is 39.5 Å². The fraction of sp³-hybridized carbons (Fsp3) is 0.953. The van der Waals surface area contributed by atoms with Gasteiger partial charge in [0.05, 0.1) is 26.4 Å². The van der Waals surface area contributed by atoms with E-state index in [0.29, 0.717) is 31.6 Å². The first kappa shape index (κ1) is 103. The Morgan fingerprint density at radius 2 is 0.438 bits per heavy atom. The van der Waals surface area contributed by atoms with Gasteiger partial charge in [-0.15, -0.1) is 0 Å². The van der Waals surface area contributed by atoms with Gasteiger partial charge in [-0.1, -0.05) is 413 Å². The summed E-state index contributed by atoms with van der Waals surface area (Å²) in [5, 5.41) is 10.7. The van der Waals surface area contributed by atoms with Gasteiger partial charge in [-0.25, -0.2) is 9.13 Å². The van der Waals surface area contributed by atoms with Crippen LogP contribution in [0.5, 0.6) is 0 Å². The van der Waals surface area contributed by atoms with Gasteiger partial charge >= 0.3 is 39.5 Å². The van der Waals surface area contributed by atoms with Crippen LogP contribution in [0.3, 0.4) is 0 Å². The first-order valence-corrected chi connectivity index (χ1v) is 47.6. The summed E-state index contributed by atoms with van der Waals surface area (Å²) in [6.07, 6.45) is 72.7. The highest BCUT2D eigenvalue weighted by Crippen LogP contribution is 2.45. The SMILES string of the molecule is CCCCCCCCCCCCCCCCCCCCCCCCC(=O)OC[C@H](COP(=O)(O)OC[C@@H](O)COP(=O)(O)OC[C@@H](COC(=O)CCCCCCCCC(C)C)OC(=O)CCCCCCCCCCCCCC)OC(=O)CCCCCCCCCCCCCCCCCCCCCCCC. The molecule has 0 saturated carbocycles. The number of unbranched alkanes of at least 4 members (excludes halogenated alkanes) is 58. The predicted molar refractivity (Wildman–Crippen MR) is 432 cm³/mol. The molecule has 19 heteroatoms. The molecule has 0 aromatic carbocycles. The van der Waals surface area contributed by atoms with Gasteiger partial charge in [-0.05, 0) is 31.6 Å². The van der Waals surface area contributed by atoms with E-state index in [2.05, 4.69) is 34.6 Å². The molecule has 0 rings (SSSR count). The lowest BCUT2D eigenvalue weighted by Crippen LogP contribution is -2.30. The summed E-state index contributed by atoms with van der Waals surface area (Å²) in [5.74, 6) is -1.43. The summed E-state index contributed by atoms with van der Waals surface area (Å²) in [6, 6.07) is 0. The number of carbonyl (C=O) groups is 4. The molecular weight excluding hydrogens is 1370 g/mol. The van der Waals surface area contributed by atoms with Crippen LogP contribution in [0.15, 0.2) is 0 Å². The molecule has 0 aliphatic carbocycles. The van der Waals surface area contributed by atoms with E-state index in [4.69, 9.17) is 37.0 Å². The highest BCUT2D eigenvalue weighted by Gasteiger charge is 2.30. The number of hydrogen-bond acceptors (Lipinski definition) is 15. The summed E-state index contributed by atoms with van der Waals surface area (Å²) in [7, 11) is -9.92. The molecule has 0 fully saturated rings. The second kappa shape index (κ2) is 78.7. The molecule has 105 heavy (non-hydrogen) atoms. The quantitative estimate of drug-likeness (QED) is 0.0222. The maximum Gasteiger partial charge on any atom is 0.472 e. The molecule has 5 atom stereocenters. The van der Waals surface area contributed by atoms with Crippen LogP contribution >= 0.6 is 15.6 Å². The lowest BCUT2D eigenvalue weighted by molar-refractivity contribution is -0.161. The Bertz CT molecular complexity index is 2000. The van der Waals surface area contributed by atoms with Crippen LogP contribution in [0.25, 0.3) is 0 Å². The Labute approximate surface area is 645 Å². The van der Waals surface area contributed by atoms with Gasteiger partial charge in [0, 0.05) is 25.7 Å². The van der Waals surface area contributed by atoms with Gasteiger partial charge in [-0.3, -0.25) is 37.3 Å². The highest BCUT2D eigenvalue weighted by molar-refractivity contribution is 7.47. The maximum atomic E-state index is 13.1. The van der Waals surface area contributed by atoms with Crippen LogP contribution in [-0.2, 0) is 65.4 Å². The molecule has 0 radical (unpaired) electrons. The fourth-order valence-corrected chi connectivity index (χ4v) is 15.1.